The summed E-state index contributed by atoms with van der Waals surface area (Å²) in [4.78, 5) is 37.5. The molecule has 3 unspecified atom stereocenters. The van der Waals surface area contributed by atoms with Gasteiger partial charge in [0.25, 0.3) is 0 Å². The number of hydrogen-bond acceptors (Lipinski definition) is 9. The van der Waals surface area contributed by atoms with Gasteiger partial charge in [-0.25, -0.2) is 0 Å². The zero-order valence-corrected chi connectivity index (χ0v) is 38.7. The van der Waals surface area contributed by atoms with E-state index in [1.807, 2.05) is 46.4 Å². The van der Waals surface area contributed by atoms with E-state index in [1.165, 1.54) is 42.3 Å². The summed E-state index contributed by atoms with van der Waals surface area (Å²) >= 11 is 3.67. The molecule has 0 aliphatic carbocycles. The number of rotatable bonds is 13. The first-order chi connectivity index (χ1) is 26.9. The Bertz CT molecular complexity index is 1890. The Morgan fingerprint density at radius 2 is 1.09 bits per heavy atom. The highest BCUT2D eigenvalue weighted by Crippen LogP contribution is 2.49. The van der Waals surface area contributed by atoms with Crippen LogP contribution in [0.2, 0.25) is 0 Å². The molecule has 4 aromatic rings. The molecule has 58 heavy (non-hydrogen) atoms. The van der Waals surface area contributed by atoms with E-state index in [0.717, 1.165) is 13.1 Å². The minimum Gasteiger partial charge on any atom is -0.460 e. The number of esters is 2. The van der Waals surface area contributed by atoms with Crippen molar-refractivity contribution in [2.75, 3.05) is 57.8 Å². The van der Waals surface area contributed by atoms with Gasteiger partial charge in [0.05, 0.1) is 49.3 Å². The number of nitrogens with zero attached hydrogens (tertiary/aromatic N) is 4. The summed E-state index contributed by atoms with van der Waals surface area (Å²) in [5, 5.41) is 0. The zero-order chi connectivity index (χ0) is 41.5. The number of para-hydroxylation sites is 4. The monoisotopic (exact) mass is 847 g/mol. The fraction of sp³-hybridized carbons (Fsp3) is 0.447. The van der Waals surface area contributed by atoms with Gasteiger partial charge in [-0.3, -0.25) is 14.1 Å². The molecular formula is C47H64ClN4O4S2+. The first-order valence-electron chi connectivity index (χ1n) is 20.1. The van der Waals surface area contributed by atoms with E-state index in [-0.39, 0.29) is 55.4 Å². The van der Waals surface area contributed by atoms with E-state index in [9.17, 15) is 9.59 Å². The lowest BCUT2D eigenvalue weighted by Crippen LogP contribution is -2.53. The van der Waals surface area contributed by atoms with Crippen molar-refractivity contribution in [2.24, 2.45) is 11.8 Å². The zero-order valence-electron chi connectivity index (χ0n) is 36.2. The van der Waals surface area contributed by atoms with Gasteiger partial charge in [-0.05, 0) is 110 Å². The summed E-state index contributed by atoms with van der Waals surface area (Å²) < 4.78 is 11.8. The minimum atomic E-state index is -0.531. The van der Waals surface area contributed by atoms with Gasteiger partial charge in [-0.1, -0.05) is 85.9 Å². The molecule has 3 atom stereocenters. The third kappa shape index (κ3) is 12.2. The van der Waals surface area contributed by atoms with Crippen molar-refractivity contribution in [3.8, 4) is 0 Å². The molecule has 0 bridgehead atoms. The lowest BCUT2D eigenvalue weighted by atomic mass is 9.91. The first kappa shape index (κ1) is 47.0. The van der Waals surface area contributed by atoms with Crippen molar-refractivity contribution >= 4 is 70.6 Å². The number of carbonyl (C=O) groups is 2. The van der Waals surface area contributed by atoms with Crippen LogP contribution in [0.3, 0.4) is 0 Å². The van der Waals surface area contributed by atoms with Crippen LogP contribution in [0.25, 0.3) is 0 Å². The Labute approximate surface area is 362 Å². The number of benzene rings is 4. The first-order valence-corrected chi connectivity index (χ1v) is 21.7. The number of ether oxygens (including phenoxy) is 2. The molecule has 6 rings (SSSR count). The second-order valence-corrected chi connectivity index (χ2v) is 19.5. The average Bonchev–Trinajstić information content (AvgIpc) is 3.16. The number of quaternary nitrogens is 1. The van der Waals surface area contributed by atoms with E-state index >= 15 is 0 Å². The van der Waals surface area contributed by atoms with Crippen LogP contribution in [-0.4, -0.2) is 87.0 Å². The highest BCUT2D eigenvalue weighted by molar-refractivity contribution is 8.00. The number of hydrogen-bond donors (Lipinski definition) is 0. The Balaban J connectivity index is 0.000000297. The third-order valence-electron chi connectivity index (χ3n) is 10.8. The fourth-order valence-corrected chi connectivity index (χ4v) is 8.91. The van der Waals surface area contributed by atoms with Crippen molar-refractivity contribution in [3.63, 3.8) is 0 Å². The molecule has 0 spiro atoms. The van der Waals surface area contributed by atoms with Crippen LogP contribution in [-0.2, 0) is 19.1 Å². The predicted octanol–water partition coefficient (Wildman–Crippen LogP) is 11.3. The molecular weight excluding hydrogens is 784 g/mol. The van der Waals surface area contributed by atoms with Crippen molar-refractivity contribution in [1.29, 1.82) is 0 Å². The van der Waals surface area contributed by atoms with Crippen LogP contribution in [0, 0.1) is 11.8 Å². The molecule has 2 aliphatic rings. The predicted molar refractivity (Wildman–Crippen MR) is 244 cm³/mol. The highest BCUT2D eigenvalue weighted by atomic mass is 35.5. The Hall–Kier alpha value is -3.67. The van der Waals surface area contributed by atoms with Crippen LogP contribution in [0.15, 0.2) is 117 Å². The quantitative estimate of drug-likeness (QED) is 0.0743. The van der Waals surface area contributed by atoms with Crippen LogP contribution in [0.1, 0.15) is 61.3 Å². The largest absolute Gasteiger partial charge is 0.460 e. The smallest absolute Gasteiger partial charge is 0.313 e. The van der Waals surface area contributed by atoms with Crippen LogP contribution < -0.4 is 9.80 Å². The fourth-order valence-electron chi connectivity index (χ4n) is 6.72. The number of anilines is 4. The summed E-state index contributed by atoms with van der Waals surface area (Å²) in [5.74, 6) is -0.805. The van der Waals surface area contributed by atoms with Crippen LogP contribution >= 0.6 is 35.9 Å². The van der Waals surface area contributed by atoms with E-state index < -0.39 is 5.60 Å². The molecule has 0 saturated heterocycles. The van der Waals surface area contributed by atoms with Gasteiger partial charge in [0, 0.05) is 38.6 Å². The number of carbonyl (C=O) groups excluding carboxylic acids is 2. The maximum Gasteiger partial charge on any atom is 0.313 e. The molecule has 0 aromatic heterocycles. The van der Waals surface area contributed by atoms with E-state index in [2.05, 4.69) is 154 Å². The molecule has 8 nitrogen and oxygen atoms in total. The molecule has 314 valence electrons. The molecule has 0 amide bonds. The average molecular weight is 849 g/mol. The van der Waals surface area contributed by atoms with Crippen LogP contribution in [0.4, 0.5) is 22.7 Å². The van der Waals surface area contributed by atoms with Crippen molar-refractivity contribution in [2.45, 2.75) is 98.6 Å². The summed E-state index contributed by atoms with van der Waals surface area (Å²) in [6.07, 6.45) is 0.628. The summed E-state index contributed by atoms with van der Waals surface area (Å²) in [6, 6.07) is 35.0. The maximum atomic E-state index is 13.1. The molecule has 0 radical (unpaired) electrons. The lowest BCUT2D eigenvalue weighted by molar-refractivity contribution is -0.927. The highest BCUT2D eigenvalue weighted by Gasteiger charge is 2.34. The van der Waals surface area contributed by atoms with Crippen molar-refractivity contribution in [1.82, 2.24) is 4.90 Å². The standard InChI is InChI=1S/C30H43N2O4S.C17H20N2S.ClH/c1-21(2)23(17-18-28(33)36-30(4,5)6)29(34)35-20-32(7,8)22(3)19-31-24-13-9-11-15-26(24)37-27-16-12-10-14-25(27)31;1-13(18(2)3)12-19-14-8-4-6-10-16(14)20-17-11-7-5-9-15(17)19;/h9-16,21-23H,17-20H2,1-8H3;4-11,13H,12H2,1-3H3;1H/q+1;;. The Morgan fingerprint density at radius 1 is 0.690 bits per heavy atom. The molecule has 0 fully saturated rings. The molecule has 2 aliphatic heterocycles. The maximum absolute atomic E-state index is 13.1. The van der Waals surface area contributed by atoms with Gasteiger partial charge < -0.3 is 24.2 Å². The van der Waals surface area contributed by atoms with Gasteiger partial charge in [0.15, 0.2) is 0 Å². The van der Waals surface area contributed by atoms with Gasteiger partial charge in [0.1, 0.15) is 11.6 Å². The number of likely N-dealkylation sites (N-methyl/N-ethyl adjacent to an activating group) is 2. The van der Waals surface area contributed by atoms with Gasteiger partial charge >= 0.3 is 11.9 Å². The Morgan fingerprint density at radius 3 is 1.47 bits per heavy atom. The molecule has 0 saturated carbocycles. The summed E-state index contributed by atoms with van der Waals surface area (Å²) in [6.45, 7) is 16.0. The van der Waals surface area contributed by atoms with Gasteiger partial charge in [-0.2, -0.15) is 0 Å². The van der Waals surface area contributed by atoms with Crippen molar-refractivity contribution in [3.05, 3.63) is 97.1 Å². The number of fused-ring (bicyclic) bond motifs is 4. The second-order valence-electron chi connectivity index (χ2n) is 17.3. The molecule has 11 heteroatoms. The molecule has 2 heterocycles. The van der Waals surface area contributed by atoms with E-state index in [4.69, 9.17) is 9.47 Å². The Kier molecular flexibility index (Phi) is 16.6. The minimum absolute atomic E-state index is 0. The summed E-state index contributed by atoms with van der Waals surface area (Å²) in [5.41, 5.74) is 4.53. The second kappa shape index (κ2) is 20.5. The topological polar surface area (TPSA) is 62.3 Å². The van der Waals surface area contributed by atoms with E-state index in [1.54, 1.807) is 11.8 Å². The summed E-state index contributed by atoms with van der Waals surface area (Å²) in [7, 11) is 8.47. The van der Waals surface area contributed by atoms with Crippen molar-refractivity contribution < 1.29 is 23.5 Å². The number of halogens is 1. The third-order valence-corrected chi connectivity index (χ3v) is 13.0. The van der Waals surface area contributed by atoms with Gasteiger partial charge in [0.2, 0.25) is 6.73 Å². The SMILES string of the molecule is CC(C)C(CCC(=O)OC(C)(C)C)C(=O)OC[N+](C)(C)C(C)CN1c2ccccc2Sc2ccccc21.CC(CN1c2ccccc2Sc2ccccc21)N(C)C.Cl. The lowest BCUT2D eigenvalue weighted by Gasteiger charge is -2.40. The normalized spacial score (nSPS) is 14.7. The van der Waals surface area contributed by atoms with Crippen LogP contribution in [0.5, 0.6) is 0 Å². The van der Waals surface area contributed by atoms with Gasteiger partial charge in [-0.15, -0.1) is 12.4 Å². The van der Waals surface area contributed by atoms with E-state index in [0.29, 0.717) is 16.9 Å². The molecule has 4 aromatic carbocycles. The molecule has 0 N–H and O–H groups in total.